The molecule has 0 radical (unpaired) electrons. The highest BCUT2D eigenvalue weighted by Crippen LogP contribution is 2.18. The number of amides is 1. The van der Waals surface area contributed by atoms with Crippen molar-refractivity contribution in [3.8, 4) is 0 Å². The summed E-state index contributed by atoms with van der Waals surface area (Å²) in [5.74, 6) is 0.652. The third-order valence-corrected chi connectivity index (χ3v) is 2.90. The molecule has 1 aromatic carbocycles. The lowest BCUT2D eigenvalue weighted by Crippen LogP contribution is -2.30. The monoisotopic (exact) mass is 261 g/mol. The first kappa shape index (κ1) is 15.3. The number of hydrogen-bond acceptors (Lipinski definition) is 2. The molecule has 0 aromatic heterocycles. The SMILES string of the molecule is CCC/C=C(/OC(=O)N(CC)CC)c1ccccc1. The maximum Gasteiger partial charge on any atom is 0.415 e. The van der Waals surface area contributed by atoms with Crippen molar-refractivity contribution in [2.24, 2.45) is 0 Å². The van der Waals surface area contributed by atoms with Crippen LogP contribution in [-0.2, 0) is 4.74 Å². The summed E-state index contributed by atoms with van der Waals surface area (Å²) in [7, 11) is 0. The molecular weight excluding hydrogens is 238 g/mol. The molecule has 0 saturated carbocycles. The van der Waals surface area contributed by atoms with Crippen molar-refractivity contribution >= 4 is 11.9 Å². The Labute approximate surface area is 115 Å². The molecule has 0 N–H and O–H groups in total. The van der Waals surface area contributed by atoms with Crippen LogP contribution in [0.2, 0.25) is 0 Å². The fourth-order valence-corrected chi connectivity index (χ4v) is 1.74. The van der Waals surface area contributed by atoms with Gasteiger partial charge in [0.15, 0.2) is 0 Å². The van der Waals surface area contributed by atoms with E-state index < -0.39 is 0 Å². The van der Waals surface area contributed by atoms with E-state index in [0.29, 0.717) is 18.8 Å². The van der Waals surface area contributed by atoms with E-state index in [4.69, 9.17) is 4.74 Å². The van der Waals surface area contributed by atoms with Crippen LogP contribution < -0.4 is 0 Å². The summed E-state index contributed by atoms with van der Waals surface area (Å²) in [6, 6.07) is 9.75. The van der Waals surface area contributed by atoms with E-state index in [1.165, 1.54) is 0 Å². The predicted molar refractivity (Wildman–Crippen MR) is 78.7 cm³/mol. The molecule has 0 fully saturated rings. The number of ether oxygens (including phenoxy) is 1. The summed E-state index contributed by atoms with van der Waals surface area (Å²) in [5, 5.41) is 0. The smallest absolute Gasteiger partial charge is 0.410 e. The number of allylic oxidation sites excluding steroid dienone is 1. The summed E-state index contributed by atoms with van der Waals surface area (Å²) < 4.78 is 5.53. The van der Waals surface area contributed by atoms with Crippen LogP contribution >= 0.6 is 0 Å². The van der Waals surface area contributed by atoms with Crippen molar-refractivity contribution in [1.82, 2.24) is 4.90 Å². The molecule has 0 aliphatic carbocycles. The van der Waals surface area contributed by atoms with Crippen LogP contribution in [0.1, 0.15) is 39.2 Å². The maximum absolute atomic E-state index is 12.0. The number of nitrogens with zero attached hydrogens (tertiary/aromatic N) is 1. The zero-order chi connectivity index (χ0) is 14.1. The molecule has 1 aromatic rings. The Morgan fingerprint density at radius 3 is 2.32 bits per heavy atom. The summed E-state index contributed by atoms with van der Waals surface area (Å²) >= 11 is 0. The van der Waals surface area contributed by atoms with Gasteiger partial charge < -0.3 is 9.64 Å². The van der Waals surface area contributed by atoms with Crippen LogP contribution in [0.25, 0.3) is 5.76 Å². The third-order valence-electron chi connectivity index (χ3n) is 2.90. The Bertz CT molecular complexity index is 408. The second kappa shape index (κ2) is 8.35. The van der Waals surface area contributed by atoms with Crippen LogP contribution in [0.5, 0.6) is 0 Å². The van der Waals surface area contributed by atoms with Gasteiger partial charge in [0.2, 0.25) is 0 Å². The van der Waals surface area contributed by atoms with Crippen molar-refractivity contribution in [2.45, 2.75) is 33.6 Å². The number of benzene rings is 1. The van der Waals surface area contributed by atoms with E-state index in [0.717, 1.165) is 18.4 Å². The molecule has 1 amide bonds. The Morgan fingerprint density at radius 2 is 1.79 bits per heavy atom. The minimum atomic E-state index is -0.281. The normalized spacial score (nSPS) is 11.2. The van der Waals surface area contributed by atoms with Gasteiger partial charge in [0.1, 0.15) is 5.76 Å². The van der Waals surface area contributed by atoms with Gasteiger partial charge in [0.25, 0.3) is 0 Å². The van der Waals surface area contributed by atoms with Gasteiger partial charge in [-0.05, 0) is 26.3 Å². The highest BCUT2D eigenvalue weighted by atomic mass is 16.6. The van der Waals surface area contributed by atoms with Gasteiger partial charge in [-0.15, -0.1) is 0 Å². The predicted octanol–water partition coefficient (Wildman–Crippen LogP) is 4.31. The van der Waals surface area contributed by atoms with E-state index in [2.05, 4.69) is 6.92 Å². The number of unbranched alkanes of at least 4 members (excludes halogenated alkanes) is 1. The first-order chi connectivity index (χ1) is 9.22. The van der Waals surface area contributed by atoms with Gasteiger partial charge in [-0.2, -0.15) is 0 Å². The van der Waals surface area contributed by atoms with Crippen LogP contribution in [0, 0.1) is 0 Å². The molecular formula is C16H23NO2. The van der Waals surface area contributed by atoms with Crippen LogP contribution in [0.3, 0.4) is 0 Å². The summed E-state index contributed by atoms with van der Waals surface area (Å²) in [6.07, 6.45) is 3.63. The first-order valence-corrected chi connectivity index (χ1v) is 6.95. The van der Waals surface area contributed by atoms with Crippen LogP contribution in [-0.4, -0.2) is 24.1 Å². The lowest BCUT2D eigenvalue weighted by Gasteiger charge is -2.19. The fraction of sp³-hybridized carbons (Fsp3) is 0.438. The fourth-order valence-electron chi connectivity index (χ4n) is 1.74. The molecule has 0 atom stereocenters. The Balaban J connectivity index is 2.85. The molecule has 104 valence electrons. The largest absolute Gasteiger partial charge is 0.415 e. The van der Waals surface area contributed by atoms with Crippen LogP contribution in [0.4, 0.5) is 4.79 Å². The molecule has 0 heterocycles. The molecule has 0 bridgehead atoms. The van der Waals surface area contributed by atoms with E-state index in [9.17, 15) is 4.79 Å². The van der Waals surface area contributed by atoms with Gasteiger partial charge in [-0.1, -0.05) is 43.7 Å². The minimum Gasteiger partial charge on any atom is -0.410 e. The second-order valence-electron chi connectivity index (χ2n) is 4.26. The van der Waals surface area contributed by atoms with Crippen molar-refractivity contribution in [3.05, 3.63) is 42.0 Å². The van der Waals surface area contributed by atoms with Gasteiger partial charge >= 0.3 is 6.09 Å². The van der Waals surface area contributed by atoms with E-state index in [-0.39, 0.29) is 6.09 Å². The third kappa shape index (κ3) is 4.78. The zero-order valence-electron chi connectivity index (χ0n) is 12.1. The standard InChI is InChI=1S/C16H23NO2/c1-4-7-13-15(14-11-9-8-10-12-14)19-16(18)17(5-2)6-3/h8-13H,4-7H2,1-3H3/b15-13+. The highest BCUT2D eigenvalue weighted by molar-refractivity contribution is 5.76. The van der Waals surface area contributed by atoms with Gasteiger partial charge in [-0.25, -0.2) is 4.79 Å². The molecule has 0 saturated heterocycles. The quantitative estimate of drug-likeness (QED) is 0.714. The van der Waals surface area contributed by atoms with Crippen LogP contribution in [0.15, 0.2) is 36.4 Å². The molecule has 3 heteroatoms. The lowest BCUT2D eigenvalue weighted by molar-refractivity contribution is 0.148. The summed E-state index contributed by atoms with van der Waals surface area (Å²) in [5.41, 5.74) is 0.941. The molecule has 1 rings (SSSR count). The van der Waals surface area contributed by atoms with Gasteiger partial charge in [-0.3, -0.25) is 0 Å². The Hall–Kier alpha value is -1.77. The van der Waals surface area contributed by atoms with Crippen molar-refractivity contribution < 1.29 is 9.53 Å². The summed E-state index contributed by atoms with van der Waals surface area (Å²) in [4.78, 5) is 13.7. The van der Waals surface area contributed by atoms with E-state index in [1.807, 2.05) is 50.3 Å². The minimum absolute atomic E-state index is 0.281. The molecule has 3 nitrogen and oxygen atoms in total. The first-order valence-electron chi connectivity index (χ1n) is 6.95. The van der Waals surface area contributed by atoms with Gasteiger partial charge in [0.05, 0.1) is 0 Å². The summed E-state index contributed by atoms with van der Waals surface area (Å²) in [6.45, 7) is 7.31. The van der Waals surface area contributed by atoms with Crippen molar-refractivity contribution in [2.75, 3.05) is 13.1 Å². The Morgan fingerprint density at radius 1 is 1.16 bits per heavy atom. The molecule has 19 heavy (non-hydrogen) atoms. The van der Waals surface area contributed by atoms with E-state index in [1.54, 1.807) is 4.90 Å². The topological polar surface area (TPSA) is 29.5 Å². The molecule has 0 aliphatic rings. The average molecular weight is 261 g/mol. The number of carbonyl (C=O) groups excluding carboxylic acids is 1. The Kier molecular flexibility index (Phi) is 6.72. The van der Waals surface area contributed by atoms with Crippen molar-refractivity contribution in [3.63, 3.8) is 0 Å². The molecule has 0 unspecified atom stereocenters. The maximum atomic E-state index is 12.0. The van der Waals surface area contributed by atoms with E-state index >= 15 is 0 Å². The molecule has 0 spiro atoms. The van der Waals surface area contributed by atoms with Crippen molar-refractivity contribution in [1.29, 1.82) is 0 Å². The number of hydrogen-bond donors (Lipinski definition) is 0. The highest BCUT2D eigenvalue weighted by Gasteiger charge is 2.14. The van der Waals surface area contributed by atoms with Gasteiger partial charge in [0, 0.05) is 18.7 Å². The number of rotatable bonds is 6. The lowest BCUT2D eigenvalue weighted by atomic mass is 10.1. The average Bonchev–Trinajstić information content (AvgIpc) is 2.45. The number of carbonyl (C=O) groups is 1. The zero-order valence-corrected chi connectivity index (χ0v) is 12.1. The second-order valence-corrected chi connectivity index (χ2v) is 4.26. The molecule has 0 aliphatic heterocycles.